The van der Waals surface area contributed by atoms with Crippen LogP contribution in [-0.2, 0) is 0 Å². The molecule has 0 spiro atoms. The van der Waals surface area contributed by atoms with Gasteiger partial charge in [-0.05, 0) is 31.4 Å². The zero-order valence-corrected chi connectivity index (χ0v) is 8.27. The van der Waals surface area contributed by atoms with Gasteiger partial charge in [-0.15, -0.1) is 0 Å². The van der Waals surface area contributed by atoms with Crippen LogP contribution in [0.3, 0.4) is 0 Å². The lowest BCUT2D eigenvalue weighted by Crippen LogP contribution is -2.43. The molecule has 2 aliphatic rings. The number of fused-ring (bicyclic) bond motifs is 1. The van der Waals surface area contributed by atoms with Crippen molar-refractivity contribution in [2.24, 2.45) is 0 Å². The van der Waals surface area contributed by atoms with Crippen molar-refractivity contribution in [1.82, 2.24) is 4.90 Å². The van der Waals surface area contributed by atoms with Crippen LogP contribution >= 0.6 is 0 Å². The highest BCUT2D eigenvalue weighted by Crippen LogP contribution is 2.32. The van der Waals surface area contributed by atoms with Crippen LogP contribution < -0.4 is 0 Å². The molecule has 15 heavy (non-hydrogen) atoms. The van der Waals surface area contributed by atoms with E-state index in [0.29, 0.717) is 11.1 Å². The summed E-state index contributed by atoms with van der Waals surface area (Å²) >= 11 is 0. The molecular weight excluding hydrogens is 190 g/mol. The zero-order chi connectivity index (χ0) is 10.4. The van der Waals surface area contributed by atoms with Crippen LogP contribution in [0.5, 0.6) is 0 Å². The van der Waals surface area contributed by atoms with Gasteiger partial charge in [0.1, 0.15) is 0 Å². The summed E-state index contributed by atoms with van der Waals surface area (Å²) in [6.45, 7) is 0. The maximum absolute atomic E-state index is 11.9. The van der Waals surface area contributed by atoms with E-state index >= 15 is 0 Å². The monoisotopic (exact) mass is 201 g/mol. The zero-order valence-electron chi connectivity index (χ0n) is 8.27. The molecule has 3 nitrogen and oxygen atoms in total. The molecule has 0 bridgehead atoms. The second-order valence-electron chi connectivity index (χ2n) is 4.11. The van der Waals surface area contributed by atoms with Gasteiger partial charge in [-0.3, -0.25) is 14.5 Å². The van der Waals surface area contributed by atoms with E-state index in [-0.39, 0.29) is 17.9 Å². The molecular formula is C12H11NO2. The molecule has 0 atom stereocenters. The van der Waals surface area contributed by atoms with Gasteiger partial charge in [0.15, 0.2) is 0 Å². The van der Waals surface area contributed by atoms with Crippen LogP contribution in [0.2, 0.25) is 0 Å². The molecule has 76 valence electrons. The second kappa shape index (κ2) is 2.92. The Balaban J connectivity index is 2.04. The quantitative estimate of drug-likeness (QED) is 0.650. The van der Waals surface area contributed by atoms with Crippen LogP contribution in [0.15, 0.2) is 24.3 Å². The summed E-state index contributed by atoms with van der Waals surface area (Å²) in [6, 6.07) is 7.21. The fourth-order valence-corrected chi connectivity index (χ4v) is 2.18. The predicted molar refractivity (Wildman–Crippen MR) is 54.6 cm³/mol. The molecule has 3 rings (SSSR count). The first-order chi connectivity index (χ1) is 7.29. The fraction of sp³-hybridized carbons (Fsp3) is 0.333. The minimum absolute atomic E-state index is 0.111. The average molecular weight is 201 g/mol. The molecule has 2 amide bonds. The molecule has 1 saturated carbocycles. The van der Waals surface area contributed by atoms with E-state index in [1.165, 1.54) is 4.90 Å². The largest absolute Gasteiger partial charge is 0.271 e. The third kappa shape index (κ3) is 1.06. The van der Waals surface area contributed by atoms with Crippen molar-refractivity contribution in [2.45, 2.75) is 25.3 Å². The number of rotatable bonds is 1. The number of hydrogen-bond acceptors (Lipinski definition) is 2. The summed E-state index contributed by atoms with van der Waals surface area (Å²) in [4.78, 5) is 25.3. The Labute approximate surface area is 87.7 Å². The van der Waals surface area contributed by atoms with E-state index in [4.69, 9.17) is 0 Å². The van der Waals surface area contributed by atoms with Gasteiger partial charge >= 0.3 is 0 Å². The number of nitrogens with zero attached hydrogens (tertiary/aromatic N) is 1. The van der Waals surface area contributed by atoms with Crippen molar-refractivity contribution in [3.05, 3.63) is 35.4 Å². The SMILES string of the molecule is O=C1c2ccccc2C(=O)N1C1CCC1. The fourth-order valence-electron chi connectivity index (χ4n) is 2.18. The Hall–Kier alpha value is -1.64. The maximum Gasteiger partial charge on any atom is 0.261 e. The summed E-state index contributed by atoms with van der Waals surface area (Å²) in [6.07, 6.45) is 3.05. The smallest absolute Gasteiger partial charge is 0.261 e. The summed E-state index contributed by atoms with van der Waals surface area (Å²) in [7, 11) is 0. The van der Waals surface area contributed by atoms with E-state index in [1.807, 2.05) is 0 Å². The Morgan fingerprint density at radius 3 is 1.93 bits per heavy atom. The van der Waals surface area contributed by atoms with Gasteiger partial charge in [0.2, 0.25) is 0 Å². The molecule has 1 heterocycles. The van der Waals surface area contributed by atoms with E-state index < -0.39 is 0 Å². The molecule has 3 heteroatoms. The number of hydrogen-bond donors (Lipinski definition) is 0. The molecule has 0 aromatic heterocycles. The van der Waals surface area contributed by atoms with Crippen LogP contribution in [-0.4, -0.2) is 22.8 Å². The predicted octanol–water partition coefficient (Wildman–Crippen LogP) is 1.84. The Kier molecular flexibility index (Phi) is 1.69. The van der Waals surface area contributed by atoms with Gasteiger partial charge in [-0.25, -0.2) is 0 Å². The van der Waals surface area contributed by atoms with Crippen LogP contribution in [0.1, 0.15) is 40.0 Å². The number of carbonyl (C=O) groups excluding carboxylic acids is 2. The topological polar surface area (TPSA) is 37.4 Å². The lowest BCUT2D eigenvalue weighted by Gasteiger charge is -2.32. The van der Waals surface area contributed by atoms with Crippen molar-refractivity contribution >= 4 is 11.8 Å². The van der Waals surface area contributed by atoms with Crippen molar-refractivity contribution in [1.29, 1.82) is 0 Å². The van der Waals surface area contributed by atoms with Gasteiger partial charge < -0.3 is 0 Å². The minimum atomic E-state index is -0.111. The number of benzene rings is 1. The number of carbonyl (C=O) groups is 2. The summed E-state index contributed by atoms with van der Waals surface area (Å²) in [5, 5.41) is 0. The third-order valence-corrected chi connectivity index (χ3v) is 3.27. The summed E-state index contributed by atoms with van der Waals surface area (Å²) in [5.74, 6) is -0.222. The standard InChI is InChI=1S/C12H11NO2/c14-11-9-6-1-2-7-10(9)12(15)13(11)8-4-3-5-8/h1-2,6-8H,3-5H2. The molecule has 1 aliphatic heterocycles. The molecule has 0 saturated heterocycles. The van der Waals surface area contributed by atoms with Crippen LogP contribution in [0.25, 0.3) is 0 Å². The maximum atomic E-state index is 11.9. The first kappa shape index (κ1) is 8.65. The van der Waals surface area contributed by atoms with Crippen LogP contribution in [0.4, 0.5) is 0 Å². The van der Waals surface area contributed by atoms with Crippen LogP contribution in [0, 0.1) is 0 Å². The normalized spacial score (nSPS) is 20.4. The van der Waals surface area contributed by atoms with Crippen molar-refractivity contribution in [3.63, 3.8) is 0 Å². The average Bonchev–Trinajstić information content (AvgIpc) is 2.42. The van der Waals surface area contributed by atoms with Crippen molar-refractivity contribution in [3.8, 4) is 0 Å². The van der Waals surface area contributed by atoms with Crippen molar-refractivity contribution < 1.29 is 9.59 Å². The molecule has 1 aromatic carbocycles. The first-order valence-corrected chi connectivity index (χ1v) is 5.26. The molecule has 1 aliphatic carbocycles. The number of imide groups is 1. The Bertz CT molecular complexity index is 414. The van der Waals surface area contributed by atoms with E-state index in [1.54, 1.807) is 24.3 Å². The highest BCUT2D eigenvalue weighted by Gasteiger charge is 2.41. The summed E-state index contributed by atoms with van der Waals surface area (Å²) in [5.41, 5.74) is 1.13. The van der Waals surface area contributed by atoms with Gasteiger partial charge in [0, 0.05) is 6.04 Å². The number of amides is 2. The highest BCUT2D eigenvalue weighted by molar-refractivity contribution is 6.21. The van der Waals surface area contributed by atoms with E-state index in [2.05, 4.69) is 0 Å². The molecule has 0 N–H and O–H groups in total. The lowest BCUT2D eigenvalue weighted by molar-refractivity contribution is 0.0506. The van der Waals surface area contributed by atoms with E-state index in [9.17, 15) is 9.59 Å². The third-order valence-electron chi connectivity index (χ3n) is 3.27. The molecule has 1 aromatic rings. The highest BCUT2D eigenvalue weighted by atomic mass is 16.2. The molecule has 1 fully saturated rings. The van der Waals surface area contributed by atoms with E-state index in [0.717, 1.165) is 19.3 Å². The van der Waals surface area contributed by atoms with Gasteiger partial charge in [-0.1, -0.05) is 12.1 Å². The molecule has 0 unspecified atom stereocenters. The Morgan fingerprint density at radius 2 is 1.53 bits per heavy atom. The van der Waals surface area contributed by atoms with Gasteiger partial charge in [-0.2, -0.15) is 0 Å². The minimum Gasteiger partial charge on any atom is -0.271 e. The van der Waals surface area contributed by atoms with Gasteiger partial charge in [0.05, 0.1) is 11.1 Å². The first-order valence-electron chi connectivity index (χ1n) is 5.26. The lowest BCUT2D eigenvalue weighted by atomic mass is 9.91. The molecule has 0 radical (unpaired) electrons. The second-order valence-corrected chi connectivity index (χ2v) is 4.11. The van der Waals surface area contributed by atoms with Gasteiger partial charge in [0.25, 0.3) is 11.8 Å². The van der Waals surface area contributed by atoms with Crippen molar-refractivity contribution in [2.75, 3.05) is 0 Å². The Morgan fingerprint density at radius 1 is 1.00 bits per heavy atom. The summed E-state index contributed by atoms with van der Waals surface area (Å²) < 4.78 is 0.